The van der Waals surface area contributed by atoms with Crippen molar-refractivity contribution in [2.24, 2.45) is 0 Å². The molecule has 0 saturated heterocycles. The van der Waals surface area contributed by atoms with Crippen molar-refractivity contribution in [3.8, 4) is 0 Å². The Morgan fingerprint density at radius 1 is 1.36 bits per heavy atom. The summed E-state index contributed by atoms with van der Waals surface area (Å²) in [5.74, 6) is -1.35. The van der Waals surface area contributed by atoms with Crippen LogP contribution < -0.4 is 5.32 Å². The number of pyridine rings is 1. The second kappa shape index (κ2) is 8.04. The molecule has 1 aromatic heterocycles. The molecule has 1 aromatic carbocycles. The number of rotatable bonds is 5. The molecule has 0 radical (unpaired) electrons. The van der Waals surface area contributed by atoms with Gasteiger partial charge in [-0.25, -0.2) is 4.79 Å². The molecule has 0 fully saturated rings. The summed E-state index contributed by atoms with van der Waals surface area (Å²) >= 11 is 9.08. The monoisotopic (exact) mass is 427 g/mol. The Morgan fingerprint density at radius 2 is 2.08 bits per heavy atom. The van der Waals surface area contributed by atoms with Gasteiger partial charge in [0, 0.05) is 29.0 Å². The van der Waals surface area contributed by atoms with Crippen molar-refractivity contribution in [3.05, 3.63) is 61.8 Å². The number of nitrogens with one attached hydrogen (secondary N) is 1. The lowest BCUT2D eigenvalue weighted by Gasteiger charge is -2.14. The van der Waals surface area contributed by atoms with Crippen LogP contribution in [-0.4, -0.2) is 27.9 Å². The average molecular weight is 429 g/mol. The number of nitrogens with zero attached hydrogens (tertiary/aromatic N) is 2. The number of aromatic nitrogens is 1. The molecule has 2 aromatic rings. The van der Waals surface area contributed by atoms with Crippen LogP contribution in [0.2, 0.25) is 5.02 Å². The summed E-state index contributed by atoms with van der Waals surface area (Å²) in [6.45, 7) is 1.39. The molecule has 0 saturated carbocycles. The molecule has 8 nitrogen and oxygen atoms in total. The van der Waals surface area contributed by atoms with Crippen molar-refractivity contribution in [2.45, 2.75) is 13.0 Å². The highest BCUT2D eigenvalue weighted by Gasteiger charge is 2.21. The van der Waals surface area contributed by atoms with Crippen LogP contribution >= 0.6 is 27.5 Å². The van der Waals surface area contributed by atoms with Gasteiger partial charge in [0.15, 0.2) is 6.10 Å². The second-order valence-corrected chi connectivity index (χ2v) is 6.17. The van der Waals surface area contributed by atoms with E-state index in [-0.39, 0.29) is 22.0 Å². The Morgan fingerprint density at radius 3 is 2.68 bits per heavy atom. The average Bonchev–Trinajstić information content (AvgIpc) is 2.56. The normalized spacial score (nSPS) is 11.5. The molecule has 1 heterocycles. The maximum Gasteiger partial charge on any atom is 0.340 e. The number of amides is 1. The summed E-state index contributed by atoms with van der Waals surface area (Å²) in [6.07, 6.45) is 1.70. The number of hydrogen-bond acceptors (Lipinski definition) is 6. The molecular weight excluding hydrogens is 418 g/mol. The number of carbonyl (C=O) groups excluding carboxylic acids is 2. The first-order valence-corrected chi connectivity index (χ1v) is 8.01. The minimum atomic E-state index is -1.11. The standard InChI is InChI=1S/C15H11BrClN3O5/c1-8(25-15(22)9-4-10(16)7-18-6-9)14(21)19-13-3-2-11(20(23)24)5-12(13)17/h2-8H,1H3,(H,19,21). The number of hydrogen-bond donors (Lipinski definition) is 1. The van der Waals surface area contributed by atoms with E-state index in [9.17, 15) is 19.7 Å². The van der Waals surface area contributed by atoms with Gasteiger partial charge >= 0.3 is 5.97 Å². The number of non-ortho nitro benzene ring substituents is 1. The first-order chi connectivity index (χ1) is 11.8. The summed E-state index contributed by atoms with van der Waals surface area (Å²) < 4.78 is 5.66. The predicted octanol–water partition coefficient (Wildman–Crippen LogP) is 3.59. The van der Waals surface area contributed by atoms with Gasteiger partial charge in [-0.15, -0.1) is 0 Å². The zero-order valence-corrected chi connectivity index (χ0v) is 15.1. The largest absolute Gasteiger partial charge is 0.449 e. The number of benzene rings is 1. The number of anilines is 1. The fraction of sp³-hybridized carbons (Fsp3) is 0.133. The number of esters is 1. The van der Waals surface area contributed by atoms with Crippen LogP contribution in [0, 0.1) is 10.1 Å². The van der Waals surface area contributed by atoms with Gasteiger partial charge in [0.25, 0.3) is 11.6 Å². The van der Waals surface area contributed by atoms with E-state index >= 15 is 0 Å². The van der Waals surface area contributed by atoms with Crippen molar-refractivity contribution >= 4 is 50.8 Å². The van der Waals surface area contributed by atoms with Crippen molar-refractivity contribution < 1.29 is 19.2 Å². The molecule has 2 rings (SSSR count). The lowest BCUT2D eigenvalue weighted by molar-refractivity contribution is -0.384. The number of ether oxygens (including phenoxy) is 1. The Kier molecular flexibility index (Phi) is 6.05. The highest BCUT2D eigenvalue weighted by atomic mass is 79.9. The molecule has 130 valence electrons. The minimum Gasteiger partial charge on any atom is -0.449 e. The Bertz CT molecular complexity index is 846. The van der Waals surface area contributed by atoms with Gasteiger partial charge in [-0.3, -0.25) is 19.9 Å². The van der Waals surface area contributed by atoms with Crippen LogP contribution in [0.5, 0.6) is 0 Å². The molecule has 1 N–H and O–H groups in total. The van der Waals surface area contributed by atoms with Gasteiger partial charge in [-0.1, -0.05) is 11.6 Å². The number of carbonyl (C=O) groups is 2. The van der Waals surface area contributed by atoms with Crippen LogP contribution in [0.4, 0.5) is 11.4 Å². The van der Waals surface area contributed by atoms with Crippen LogP contribution in [0.3, 0.4) is 0 Å². The zero-order chi connectivity index (χ0) is 18.6. The summed E-state index contributed by atoms with van der Waals surface area (Å²) in [5, 5.41) is 13.1. The summed E-state index contributed by atoms with van der Waals surface area (Å²) in [4.78, 5) is 38.0. The van der Waals surface area contributed by atoms with E-state index in [1.54, 1.807) is 0 Å². The van der Waals surface area contributed by atoms with Crippen LogP contribution in [-0.2, 0) is 9.53 Å². The molecule has 10 heteroatoms. The molecular formula is C15H11BrClN3O5. The van der Waals surface area contributed by atoms with E-state index in [0.29, 0.717) is 4.47 Å². The van der Waals surface area contributed by atoms with Crippen LogP contribution in [0.15, 0.2) is 41.1 Å². The maximum absolute atomic E-state index is 12.1. The van der Waals surface area contributed by atoms with E-state index in [4.69, 9.17) is 16.3 Å². The van der Waals surface area contributed by atoms with E-state index in [1.807, 2.05) is 0 Å². The predicted molar refractivity (Wildman–Crippen MR) is 93.6 cm³/mol. The van der Waals surface area contributed by atoms with E-state index < -0.39 is 22.9 Å². The third kappa shape index (κ3) is 4.97. The van der Waals surface area contributed by atoms with Crippen LogP contribution in [0.25, 0.3) is 0 Å². The van der Waals surface area contributed by atoms with E-state index in [2.05, 4.69) is 26.2 Å². The van der Waals surface area contributed by atoms with Crippen molar-refractivity contribution in [2.75, 3.05) is 5.32 Å². The topological polar surface area (TPSA) is 111 Å². The molecule has 1 unspecified atom stereocenters. The summed E-state index contributed by atoms with van der Waals surface area (Å²) in [6, 6.07) is 5.12. The highest BCUT2D eigenvalue weighted by molar-refractivity contribution is 9.10. The number of nitro groups is 1. The molecule has 1 amide bonds. The van der Waals surface area contributed by atoms with Gasteiger partial charge in [-0.2, -0.15) is 0 Å². The van der Waals surface area contributed by atoms with Crippen molar-refractivity contribution in [1.82, 2.24) is 4.98 Å². The SMILES string of the molecule is CC(OC(=O)c1cncc(Br)c1)C(=O)Nc1ccc([N+](=O)[O-])cc1Cl. The molecule has 0 bridgehead atoms. The van der Waals surface area contributed by atoms with Gasteiger partial charge in [-0.05, 0) is 35.0 Å². The van der Waals surface area contributed by atoms with Gasteiger partial charge in [0.2, 0.25) is 0 Å². The Hall–Kier alpha value is -2.52. The molecule has 0 aliphatic carbocycles. The maximum atomic E-state index is 12.1. The first kappa shape index (κ1) is 18.8. The van der Waals surface area contributed by atoms with Crippen LogP contribution in [0.1, 0.15) is 17.3 Å². The molecule has 0 spiro atoms. The molecule has 1 atom stereocenters. The van der Waals surface area contributed by atoms with E-state index in [0.717, 1.165) is 6.07 Å². The van der Waals surface area contributed by atoms with E-state index in [1.165, 1.54) is 37.5 Å². The highest BCUT2D eigenvalue weighted by Crippen LogP contribution is 2.26. The summed E-state index contributed by atoms with van der Waals surface area (Å²) in [5.41, 5.74) is 0.149. The fourth-order valence-corrected chi connectivity index (χ4v) is 2.35. The zero-order valence-electron chi connectivity index (χ0n) is 12.7. The fourth-order valence-electron chi connectivity index (χ4n) is 1.76. The lowest BCUT2D eigenvalue weighted by Crippen LogP contribution is -2.30. The molecule has 0 aliphatic rings. The first-order valence-electron chi connectivity index (χ1n) is 6.84. The minimum absolute atomic E-state index is 0.00253. The quantitative estimate of drug-likeness (QED) is 0.442. The number of halogens is 2. The lowest BCUT2D eigenvalue weighted by atomic mass is 10.2. The molecule has 25 heavy (non-hydrogen) atoms. The third-order valence-electron chi connectivity index (χ3n) is 3.01. The molecule has 0 aliphatic heterocycles. The van der Waals surface area contributed by atoms with Crippen molar-refractivity contribution in [1.29, 1.82) is 0 Å². The Balaban J connectivity index is 2.03. The summed E-state index contributed by atoms with van der Waals surface area (Å²) in [7, 11) is 0. The third-order valence-corrected chi connectivity index (χ3v) is 3.76. The second-order valence-electron chi connectivity index (χ2n) is 4.85. The van der Waals surface area contributed by atoms with Gasteiger partial charge < -0.3 is 10.1 Å². The number of nitro benzene ring substituents is 1. The Labute approximate surface area is 155 Å². The van der Waals surface area contributed by atoms with Gasteiger partial charge in [0.1, 0.15) is 0 Å². The van der Waals surface area contributed by atoms with Crippen molar-refractivity contribution in [3.63, 3.8) is 0 Å². The smallest absolute Gasteiger partial charge is 0.340 e. The van der Waals surface area contributed by atoms with Gasteiger partial charge in [0.05, 0.1) is 21.2 Å².